The molecular formula is C10H18N2S. The van der Waals surface area contributed by atoms with Crippen molar-refractivity contribution in [1.82, 2.24) is 10.2 Å². The SMILES string of the molecule is CCCSCCc1cc(CC)[nH]n1. The van der Waals surface area contributed by atoms with Crippen LogP contribution in [0.2, 0.25) is 0 Å². The van der Waals surface area contributed by atoms with Crippen molar-refractivity contribution in [2.24, 2.45) is 0 Å². The molecule has 0 spiro atoms. The largest absolute Gasteiger partial charge is 0.282 e. The highest BCUT2D eigenvalue weighted by atomic mass is 32.2. The highest BCUT2D eigenvalue weighted by molar-refractivity contribution is 7.99. The van der Waals surface area contributed by atoms with Gasteiger partial charge in [0.05, 0.1) is 5.69 Å². The van der Waals surface area contributed by atoms with E-state index >= 15 is 0 Å². The molecule has 74 valence electrons. The highest BCUT2D eigenvalue weighted by Crippen LogP contribution is 2.07. The smallest absolute Gasteiger partial charge is 0.0633 e. The van der Waals surface area contributed by atoms with E-state index in [4.69, 9.17) is 0 Å². The highest BCUT2D eigenvalue weighted by Gasteiger charge is 1.98. The Kier molecular flexibility index (Phi) is 4.98. The maximum atomic E-state index is 4.25. The van der Waals surface area contributed by atoms with Crippen LogP contribution in [0.4, 0.5) is 0 Å². The Bertz CT molecular complexity index is 233. The van der Waals surface area contributed by atoms with E-state index in [2.05, 4.69) is 30.1 Å². The Morgan fingerprint density at radius 1 is 1.38 bits per heavy atom. The fourth-order valence-electron chi connectivity index (χ4n) is 1.14. The summed E-state index contributed by atoms with van der Waals surface area (Å²) in [7, 11) is 0. The van der Waals surface area contributed by atoms with Gasteiger partial charge in [-0.05, 0) is 30.4 Å². The molecule has 0 aliphatic rings. The van der Waals surface area contributed by atoms with Crippen LogP contribution in [-0.4, -0.2) is 21.7 Å². The van der Waals surface area contributed by atoms with Gasteiger partial charge < -0.3 is 0 Å². The number of H-pyrrole nitrogens is 1. The number of thioether (sulfide) groups is 1. The summed E-state index contributed by atoms with van der Waals surface area (Å²) in [4.78, 5) is 0. The van der Waals surface area contributed by atoms with Crippen LogP contribution < -0.4 is 0 Å². The number of nitrogens with zero attached hydrogens (tertiary/aromatic N) is 1. The molecule has 1 aromatic rings. The average Bonchev–Trinajstić information content (AvgIpc) is 2.60. The molecule has 0 aliphatic carbocycles. The van der Waals surface area contributed by atoms with Crippen LogP contribution in [0.25, 0.3) is 0 Å². The minimum atomic E-state index is 1.05. The number of nitrogens with one attached hydrogen (secondary N) is 1. The second kappa shape index (κ2) is 6.08. The predicted octanol–water partition coefficient (Wildman–Crippen LogP) is 2.66. The second-order valence-corrected chi connectivity index (χ2v) is 4.33. The lowest BCUT2D eigenvalue weighted by Gasteiger charge is -1.95. The van der Waals surface area contributed by atoms with Gasteiger partial charge in [-0.25, -0.2) is 0 Å². The van der Waals surface area contributed by atoms with Crippen LogP contribution in [0.15, 0.2) is 6.07 Å². The maximum absolute atomic E-state index is 4.25. The summed E-state index contributed by atoms with van der Waals surface area (Å²) in [5.74, 6) is 2.47. The molecule has 1 heterocycles. The van der Waals surface area contributed by atoms with Crippen molar-refractivity contribution in [1.29, 1.82) is 0 Å². The van der Waals surface area contributed by atoms with Gasteiger partial charge in [0.25, 0.3) is 0 Å². The molecule has 1 aromatic heterocycles. The summed E-state index contributed by atoms with van der Waals surface area (Å²) in [5.41, 5.74) is 2.45. The molecule has 0 saturated heterocycles. The number of hydrogen-bond donors (Lipinski definition) is 1. The first-order valence-electron chi connectivity index (χ1n) is 4.97. The molecule has 3 heteroatoms. The molecule has 0 atom stereocenters. The van der Waals surface area contributed by atoms with E-state index in [0.29, 0.717) is 0 Å². The van der Waals surface area contributed by atoms with E-state index in [1.165, 1.54) is 29.3 Å². The minimum Gasteiger partial charge on any atom is -0.282 e. The minimum absolute atomic E-state index is 1.05. The van der Waals surface area contributed by atoms with Gasteiger partial charge in [-0.2, -0.15) is 16.9 Å². The lowest BCUT2D eigenvalue weighted by Crippen LogP contribution is -1.89. The Morgan fingerprint density at radius 3 is 2.85 bits per heavy atom. The van der Waals surface area contributed by atoms with Gasteiger partial charge in [0.1, 0.15) is 0 Å². The molecule has 0 aliphatic heterocycles. The van der Waals surface area contributed by atoms with Gasteiger partial charge >= 0.3 is 0 Å². The van der Waals surface area contributed by atoms with Crippen molar-refractivity contribution in [3.8, 4) is 0 Å². The lowest BCUT2D eigenvalue weighted by molar-refractivity contribution is 0.938. The fraction of sp³-hybridized carbons (Fsp3) is 0.700. The number of aryl methyl sites for hydroxylation is 2. The van der Waals surface area contributed by atoms with Crippen LogP contribution in [0, 0.1) is 0 Å². The van der Waals surface area contributed by atoms with Crippen molar-refractivity contribution in [3.05, 3.63) is 17.5 Å². The van der Waals surface area contributed by atoms with Crippen molar-refractivity contribution in [3.63, 3.8) is 0 Å². The maximum Gasteiger partial charge on any atom is 0.0633 e. The summed E-state index contributed by atoms with van der Waals surface area (Å²) in [6.07, 6.45) is 3.42. The van der Waals surface area contributed by atoms with Crippen LogP contribution in [0.3, 0.4) is 0 Å². The summed E-state index contributed by atoms with van der Waals surface area (Å²) in [6.45, 7) is 4.36. The normalized spacial score (nSPS) is 10.6. The molecular weight excluding hydrogens is 180 g/mol. The lowest BCUT2D eigenvalue weighted by atomic mass is 10.3. The van der Waals surface area contributed by atoms with Crippen LogP contribution in [0.1, 0.15) is 31.7 Å². The zero-order valence-corrected chi connectivity index (χ0v) is 9.28. The van der Waals surface area contributed by atoms with Gasteiger partial charge in [0.15, 0.2) is 0 Å². The van der Waals surface area contributed by atoms with Crippen molar-refractivity contribution in [2.75, 3.05) is 11.5 Å². The molecule has 0 unspecified atom stereocenters. The van der Waals surface area contributed by atoms with Gasteiger partial charge in [0, 0.05) is 12.1 Å². The first-order valence-corrected chi connectivity index (χ1v) is 6.13. The Morgan fingerprint density at radius 2 is 2.23 bits per heavy atom. The standard InChI is InChI=1S/C10H18N2S/c1-3-6-13-7-5-10-8-9(4-2)11-12-10/h8H,3-7H2,1-2H3,(H,11,12). The van der Waals surface area contributed by atoms with E-state index < -0.39 is 0 Å². The zero-order chi connectivity index (χ0) is 9.52. The van der Waals surface area contributed by atoms with Gasteiger partial charge in [-0.3, -0.25) is 5.10 Å². The summed E-state index contributed by atoms with van der Waals surface area (Å²) >= 11 is 2.01. The summed E-state index contributed by atoms with van der Waals surface area (Å²) in [5, 5.41) is 7.28. The van der Waals surface area contributed by atoms with Gasteiger partial charge in [0.2, 0.25) is 0 Å². The van der Waals surface area contributed by atoms with Crippen molar-refractivity contribution < 1.29 is 0 Å². The van der Waals surface area contributed by atoms with Crippen molar-refractivity contribution >= 4 is 11.8 Å². The third-order valence-electron chi connectivity index (χ3n) is 1.92. The molecule has 13 heavy (non-hydrogen) atoms. The Labute approximate surface area is 84.5 Å². The van der Waals surface area contributed by atoms with Crippen LogP contribution in [-0.2, 0) is 12.8 Å². The third kappa shape index (κ3) is 3.85. The molecule has 1 rings (SSSR count). The summed E-state index contributed by atoms with van der Waals surface area (Å²) in [6, 6.07) is 2.17. The monoisotopic (exact) mass is 198 g/mol. The molecule has 0 bridgehead atoms. The molecule has 1 N–H and O–H groups in total. The van der Waals surface area contributed by atoms with Crippen LogP contribution >= 0.6 is 11.8 Å². The molecule has 0 radical (unpaired) electrons. The fourth-order valence-corrected chi connectivity index (χ4v) is 1.99. The topological polar surface area (TPSA) is 28.7 Å². The first-order chi connectivity index (χ1) is 6.36. The van der Waals surface area contributed by atoms with E-state index in [0.717, 1.165) is 12.8 Å². The van der Waals surface area contributed by atoms with E-state index in [-0.39, 0.29) is 0 Å². The van der Waals surface area contributed by atoms with E-state index in [1.54, 1.807) is 0 Å². The van der Waals surface area contributed by atoms with Gasteiger partial charge in [-0.15, -0.1) is 0 Å². The molecule has 0 aromatic carbocycles. The third-order valence-corrected chi connectivity index (χ3v) is 3.11. The predicted molar refractivity (Wildman–Crippen MR) is 59.3 cm³/mol. The zero-order valence-electron chi connectivity index (χ0n) is 8.47. The number of rotatable bonds is 6. The van der Waals surface area contributed by atoms with E-state index in [9.17, 15) is 0 Å². The van der Waals surface area contributed by atoms with Crippen LogP contribution in [0.5, 0.6) is 0 Å². The molecule has 0 saturated carbocycles. The molecule has 0 fully saturated rings. The summed E-state index contributed by atoms with van der Waals surface area (Å²) < 4.78 is 0. The molecule has 0 amide bonds. The molecule has 2 nitrogen and oxygen atoms in total. The first kappa shape index (κ1) is 10.6. The Hall–Kier alpha value is -0.440. The Balaban J connectivity index is 2.20. The van der Waals surface area contributed by atoms with Crippen molar-refractivity contribution in [2.45, 2.75) is 33.1 Å². The second-order valence-electron chi connectivity index (χ2n) is 3.10. The number of aromatic amines is 1. The van der Waals surface area contributed by atoms with Gasteiger partial charge in [-0.1, -0.05) is 13.8 Å². The number of hydrogen-bond acceptors (Lipinski definition) is 2. The average molecular weight is 198 g/mol. The quantitative estimate of drug-likeness (QED) is 0.712. The van der Waals surface area contributed by atoms with E-state index in [1.807, 2.05) is 11.8 Å². The number of aromatic nitrogens is 2.